The lowest BCUT2D eigenvalue weighted by Crippen LogP contribution is -2.26. The molecule has 6 nitrogen and oxygen atoms in total. The highest BCUT2D eigenvalue weighted by Gasteiger charge is 2.20. The lowest BCUT2D eigenvalue weighted by atomic mass is 10.2. The molecule has 0 spiro atoms. The van der Waals surface area contributed by atoms with Crippen LogP contribution < -0.4 is 5.32 Å². The maximum atomic E-state index is 12.5. The van der Waals surface area contributed by atoms with E-state index in [-0.39, 0.29) is 11.9 Å². The number of rotatable bonds is 6. The minimum Gasteiger partial charge on any atom is -0.307 e. The third kappa shape index (κ3) is 4.29. The molecule has 1 unspecified atom stereocenters. The fraction of sp³-hybridized carbons (Fsp3) is 0.235. The largest absolute Gasteiger partial charge is 0.307 e. The Balaban J connectivity index is 1.68. The molecule has 0 bridgehead atoms. The van der Waals surface area contributed by atoms with Crippen molar-refractivity contribution in [2.24, 2.45) is 0 Å². The zero-order valence-corrected chi connectivity index (χ0v) is 15.9. The van der Waals surface area contributed by atoms with Crippen molar-refractivity contribution in [3.63, 3.8) is 0 Å². The first-order chi connectivity index (χ1) is 12.1. The number of carbonyl (C=O) groups is 1. The van der Waals surface area contributed by atoms with E-state index in [0.29, 0.717) is 23.8 Å². The van der Waals surface area contributed by atoms with Crippen LogP contribution in [0.15, 0.2) is 53.4 Å². The number of nitrogens with one attached hydrogen (secondary N) is 1. The van der Waals surface area contributed by atoms with Gasteiger partial charge in [-0.25, -0.2) is 0 Å². The Morgan fingerprint density at radius 1 is 1.36 bits per heavy atom. The summed E-state index contributed by atoms with van der Waals surface area (Å²) in [6.07, 6.45) is 5.88. The Morgan fingerprint density at radius 2 is 2.16 bits per heavy atom. The number of hydrogen-bond donors (Lipinski definition) is 1. The van der Waals surface area contributed by atoms with Crippen molar-refractivity contribution in [3.05, 3.63) is 64.0 Å². The molecule has 0 saturated carbocycles. The van der Waals surface area contributed by atoms with Crippen LogP contribution in [0.2, 0.25) is 5.02 Å². The first-order valence-electron chi connectivity index (χ1n) is 7.84. The number of aromatic nitrogens is 4. The van der Waals surface area contributed by atoms with Crippen LogP contribution in [-0.4, -0.2) is 25.5 Å². The second-order valence-electron chi connectivity index (χ2n) is 5.54. The molecule has 0 saturated heterocycles. The molecule has 1 N–H and O–H groups in total. The molecule has 3 aromatic rings. The van der Waals surface area contributed by atoms with Gasteiger partial charge in [0, 0.05) is 23.5 Å². The van der Waals surface area contributed by atoms with Crippen molar-refractivity contribution >= 4 is 39.3 Å². The van der Waals surface area contributed by atoms with Crippen LogP contribution >= 0.6 is 27.5 Å². The fourth-order valence-corrected chi connectivity index (χ4v) is 3.00. The van der Waals surface area contributed by atoms with Crippen LogP contribution in [0.1, 0.15) is 24.9 Å². The average molecular weight is 423 g/mol. The summed E-state index contributed by atoms with van der Waals surface area (Å²) in [6, 6.07) is 8.99. The third-order valence-electron chi connectivity index (χ3n) is 3.76. The molecule has 1 atom stereocenters. The quantitative estimate of drug-likeness (QED) is 0.649. The Bertz CT molecular complexity index is 875. The summed E-state index contributed by atoms with van der Waals surface area (Å²) in [7, 11) is 0. The molecule has 0 fully saturated rings. The normalized spacial score (nSPS) is 12.1. The van der Waals surface area contributed by atoms with Crippen molar-refractivity contribution in [2.75, 3.05) is 5.32 Å². The predicted octanol–water partition coefficient (Wildman–Crippen LogP) is 4.13. The van der Waals surface area contributed by atoms with E-state index in [9.17, 15) is 4.79 Å². The number of hydrogen-bond acceptors (Lipinski definition) is 3. The van der Waals surface area contributed by atoms with E-state index in [4.69, 9.17) is 11.6 Å². The summed E-state index contributed by atoms with van der Waals surface area (Å²) in [5.74, 6) is 0.350. The first kappa shape index (κ1) is 17.7. The predicted molar refractivity (Wildman–Crippen MR) is 101 cm³/mol. The monoisotopic (exact) mass is 421 g/mol. The van der Waals surface area contributed by atoms with Crippen LogP contribution in [0.25, 0.3) is 0 Å². The minimum atomic E-state index is -0.389. The summed E-state index contributed by atoms with van der Waals surface area (Å²) in [5, 5.41) is 12.1. The molecular formula is C17H17BrClN5O. The van der Waals surface area contributed by atoms with E-state index in [1.165, 1.54) is 0 Å². The lowest BCUT2D eigenvalue weighted by molar-refractivity contribution is -0.119. The number of anilines is 1. The second kappa shape index (κ2) is 7.84. The van der Waals surface area contributed by atoms with Gasteiger partial charge in [0.2, 0.25) is 5.91 Å². The topological polar surface area (TPSA) is 64.7 Å². The van der Waals surface area contributed by atoms with E-state index < -0.39 is 0 Å². The Kier molecular flexibility index (Phi) is 5.55. The third-order valence-corrected chi connectivity index (χ3v) is 4.54. The molecule has 130 valence electrons. The fourth-order valence-electron chi connectivity index (χ4n) is 2.50. The zero-order valence-electron chi connectivity index (χ0n) is 13.6. The molecule has 25 heavy (non-hydrogen) atoms. The molecule has 0 aliphatic rings. The van der Waals surface area contributed by atoms with E-state index >= 15 is 0 Å². The van der Waals surface area contributed by atoms with Gasteiger partial charge in [-0.3, -0.25) is 14.2 Å². The van der Waals surface area contributed by atoms with Gasteiger partial charge in [0.25, 0.3) is 0 Å². The van der Waals surface area contributed by atoms with Gasteiger partial charge in [0.15, 0.2) is 5.82 Å². The van der Waals surface area contributed by atoms with Gasteiger partial charge in [-0.05, 0) is 34.0 Å². The van der Waals surface area contributed by atoms with Crippen LogP contribution in [0, 0.1) is 0 Å². The number of carbonyl (C=O) groups excluding carboxylic acids is 1. The van der Waals surface area contributed by atoms with Crippen molar-refractivity contribution in [3.8, 4) is 0 Å². The SMILES string of the molecule is CCC(C(=O)Nc1ccn(Cc2ccccc2Cl)n1)n1cc(Br)cn1. The van der Waals surface area contributed by atoms with Gasteiger partial charge in [0.05, 0.1) is 17.2 Å². The van der Waals surface area contributed by atoms with E-state index in [2.05, 4.69) is 31.4 Å². The standard InChI is InChI=1S/C17H17BrClN5O/c1-2-15(24-11-13(18)9-20-24)17(25)21-16-7-8-23(22-16)10-12-5-3-4-6-14(12)19/h3-9,11,15H,2,10H2,1H3,(H,21,22,25). The Hall–Kier alpha value is -2.12. The molecule has 0 aliphatic carbocycles. The Labute approximate surface area is 158 Å². The highest BCUT2D eigenvalue weighted by atomic mass is 79.9. The maximum absolute atomic E-state index is 12.5. The summed E-state index contributed by atoms with van der Waals surface area (Å²) >= 11 is 9.52. The molecule has 0 radical (unpaired) electrons. The Morgan fingerprint density at radius 3 is 2.84 bits per heavy atom. The van der Waals surface area contributed by atoms with Crippen molar-refractivity contribution in [2.45, 2.75) is 25.9 Å². The van der Waals surface area contributed by atoms with Crippen molar-refractivity contribution in [1.29, 1.82) is 0 Å². The van der Waals surface area contributed by atoms with Crippen LogP contribution in [-0.2, 0) is 11.3 Å². The van der Waals surface area contributed by atoms with E-state index in [0.717, 1.165) is 10.0 Å². The van der Waals surface area contributed by atoms with Crippen LogP contribution in [0.3, 0.4) is 0 Å². The highest BCUT2D eigenvalue weighted by Crippen LogP contribution is 2.18. The summed E-state index contributed by atoms with van der Waals surface area (Å²) < 4.78 is 4.21. The first-order valence-corrected chi connectivity index (χ1v) is 9.01. The van der Waals surface area contributed by atoms with E-state index in [1.807, 2.05) is 37.4 Å². The molecule has 8 heteroatoms. The molecule has 1 aromatic carbocycles. The highest BCUT2D eigenvalue weighted by molar-refractivity contribution is 9.10. The van der Waals surface area contributed by atoms with Crippen molar-refractivity contribution < 1.29 is 4.79 Å². The number of halogens is 2. The second-order valence-corrected chi connectivity index (χ2v) is 6.86. The number of amides is 1. The molecule has 2 heterocycles. The number of nitrogens with zero attached hydrogens (tertiary/aromatic N) is 4. The zero-order chi connectivity index (χ0) is 17.8. The lowest BCUT2D eigenvalue weighted by Gasteiger charge is -2.14. The van der Waals surface area contributed by atoms with Gasteiger partial charge < -0.3 is 5.32 Å². The average Bonchev–Trinajstić information content (AvgIpc) is 3.20. The maximum Gasteiger partial charge on any atom is 0.250 e. The number of benzene rings is 1. The van der Waals surface area contributed by atoms with Crippen molar-refractivity contribution in [1.82, 2.24) is 19.6 Å². The van der Waals surface area contributed by atoms with Gasteiger partial charge in [0.1, 0.15) is 6.04 Å². The summed E-state index contributed by atoms with van der Waals surface area (Å²) in [5.41, 5.74) is 0.970. The molecule has 1 amide bonds. The summed E-state index contributed by atoms with van der Waals surface area (Å²) in [6.45, 7) is 2.48. The van der Waals surface area contributed by atoms with Gasteiger partial charge in [-0.15, -0.1) is 0 Å². The molecule has 2 aromatic heterocycles. The van der Waals surface area contributed by atoms with Gasteiger partial charge >= 0.3 is 0 Å². The molecule has 0 aliphatic heterocycles. The molecule has 3 rings (SSSR count). The summed E-state index contributed by atoms with van der Waals surface area (Å²) in [4.78, 5) is 12.5. The van der Waals surface area contributed by atoms with Crippen LogP contribution in [0.5, 0.6) is 0 Å². The van der Waals surface area contributed by atoms with E-state index in [1.54, 1.807) is 27.8 Å². The minimum absolute atomic E-state index is 0.152. The molecular weight excluding hydrogens is 406 g/mol. The van der Waals surface area contributed by atoms with Gasteiger partial charge in [-0.2, -0.15) is 10.2 Å². The smallest absolute Gasteiger partial charge is 0.250 e. The van der Waals surface area contributed by atoms with Crippen LogP contribution in [0.4, 0.5) is 5.82 Å². The van der Waals surface area contributed by atoms with Gasteiger partial charge in [-0.1, -0.05) is 36.7 Å².